The lowest BCUT2D eigenvalue weighted by atomic mass is 10.1. The monoisotopic (exact) mass is 194 g/mol. The minimum Gasteiger partial charge on any atom is -0.508 e. The van der Waals surface area contributed by atoms with Crippen LogP contribution in [0.4, 0.5) is 0 Å². The van der Waals surface area contributed by atoms with Crippen molar-refractivity contribution in [2.45, 2.75) is 6.10 Å². The average molecular weight is 194 g/mol. The first kappa shape index (κ1) is 8.55. The van der Waals surface area contributed by atoms with Crippen LogP contribution >= 0.6 is 0 Å². The average Bonchev–Trinajstić information content (AvgIpc) is 2.43. The molecule has 1 aromatic rings. The number of esters is 1. The van der Waals surface area contributed by atoms with Crippen molar-refractivity contribution in [1.82, 2.24) is 0 Å². The molecule has 1 aromatic carbocycles. The predicted molar refractivity (Wildman–Crippen MR) is 43.9 cm³/mol. The molecule has 5 nitrogen and oxygen atoms in total. The highest BCUT2D eigenvalue weighted by Crippen LogP contribution is 2.32. The highest BCUT2D eigenvalue weighted by atomic mass is 16.6. The molecule has 1 aliphatic rings. The van der Waals surface area contributed by atoms with Crippen LogP contribution in [0.15, 0.2) is 18.2 Å². The fraction of sp³-hybridized carbons (Fsp3) is 0.111. The van der Waals surface area contributed by atoms with Crippen LogP contribution < -0.4 is 0 Å². The standard InChI is InChI=1S/C9H6O5/c10-4-1-2-5-6(3-4)7(8(11)12)14-9(5)13/h1-3,7,10H,(H,11,12). The molecule has 5 heteroatoms. The van der Waals surface area contributed by atoms with Crippen LogP contribution in [0.25, 0.3) is 0 Å². The van der Waals surface area contributed by atoms with Crippen molar-refractivity contribution < 1.29 is 24.5 Å². The molecule has 0 bridgehead atoms. The maximum atomic E-state index is 11.1. The van der Waals surface area contributed by atoms with Crippen molar-refractivity contribution in [3.63, 3.8) is 0 Å². The number of hydrogen-bond donors (Lipinski definition) is 2. The van der Waals surface area contributed by atoms with Crippen molar-refractivity contribution in [1.29, 1.82) is 0 Å². The summed E-state index contributed by atoms with van der Waals surface area (Å²) in [5, 5.41) is 17.8. The van der Waals surface area contributed by atoms with E-state index in [2.05, 4.69) is 4.74 Å². The van der Waals surface area contributed by atoms with Crippen LogP contribution in [-0.4, -0.2) is 22.2 Å². The number of aromatic hydroxyl groups is 1. The van der Waals surface area contributed by atoms with Crippen LogP contribution in [0.5, 0.6) is 5.75 Å². The van der Waals surface area contributed by atoms with Gasteiger partial charge in [-0.05, 0) is 18.2 Å². The third-order valence-corrected chi connectivity index (χ3v) is 1.99. The van der Waals surface area contributed by atoms with E-state index < -0.39 is 18.0 Å². The van der Waals surface area contributed by atoms with E-state index in [0.29, 0.717) is 0 Å². The van der Waals surface area contributed by atoms with Crippen LogP contribution in [0.2, 0.25) is 0 Å². The van der Waals surface area contributed by atoms with E-state index in [1.807, 2.05) is 0 Å². The van der Waals surface area contributed by atoms with Crippen LogP contribution in [0, 0.1) is 0 Å². The van der Waals surface area contributed by atoms with E-state index >= 15 is 0 Å². The number of hydrogen-bond acceptors (Lipinski definition) is 4. The third kappa shape index (κ3) is 1.10. The lowest BCUT2D eigenvalue weighted by molar-refractivity contribution is -0.146. The number of rotatable bonds is 1. The minimum absolute atomic E-state index is 0.0895. The van der Waals surface area contributed by atoms with Gasteiger partial charge in [0.1, 0.15) is 5.75 Å². The van der Waals surface area contributed by atoms with Crippen molar-refractivity contribution in [3.05, 3.63) is 29.3 Å². The van der Waals surface area contributed by atoms with Gasteiger partial charge in [0.05, 0.1) is 5.56 Å². The summed E-state index contributed by atoms with van der Waals surface area (Å²) < 4.78 is 4.60. The molecule has 0 radical (unpaired) electrons. The van der Waals surface area contributed by atoms with Crippen molar-refractivity contribution >= 4 is 11.9 Å². The van der Waals surface area contributed by atoms with E-state index in [-0.39, 0.29) is 16.9 Å². The number of carboxylic acid groups (broad SMARTS) is 1. The Morgan fingerprint density at radius 3 is 2.79 bits per heavy atom. The molecule has 0 saturated carbocycles. The van der Waals surface area contributed by atoms with Gasteiger partial charge in [0.2, 0.25) is 6.10 Å². The van der Waals surface area contributed by atoms with Crippen LogP contribution in [0.1, 0.15) is 22.0 Å². The van der Waals surface area contributed by atoms with Gasteiger partial charge in [0.25, 0.3) is 0 Å². The summed E-state index contributed by atoms with van der Waals surface area (Å²) in [6.07, 6.45) is -1.30. The van der Waals surface area contributed by atoms with Gasteiger partial charge in [-0.3, -0.25) is 0 Å². The fourth-order valence-corrected chi connectivity index (χ4v) is 1.37. The summed E-state index contributed by atoms with van der Waals surface area (Å²) in [6.45, 7) is 0. The fourth-order valence-electron chi connectivity index (χ4n) is 1.37. The molecule has 0 saturated heterocycles. The number of ether oxygens (including phenoxy) is 1. The molecule has 0 amide bonds. The van der Waals surface area contributed by atoms with Gasteiger partial charge >= 0.3 is 11.9 Å². The second-order valence-corrected chi connectivity index (χ2v) is 2.90. The first-order valence-electron chi connectivity index (χ1n) is 3.86. The second kappa shape index (κ2) is 2.73. The molecule has 0 aliphatic carbocycles. The number of carbonyl (C=O) groups is 2. The summed E-state index contributed by atoms with van der Waals surface area (Å²) in [5.74, 6) is -2.01. The zero-order chi connectivity index (χ0) is 10.3. The lowest BCUT2D eigenvalue weighted by Crippen LogP contribution is -2.10. The zero-order valence-electron chi connectivity index (χ0n) is 6.93. The van der Waals surface area contributed by atoms with E-state index in [1.54, 1.807) is 0 Å². The first-order valence-corrected chi connectivity index (χ1v) is 3.86. The summed E-state index contributed by atoms with van der Waals surface area (Å²) in [7, 11) is 0. The molecule has 2 rings (SSSR count). The first-order chi connectivity index (χ1) is 6.59. The smallest absolute Gasteiger partial charge is 0.349 e. The van der Waals surface area contributed by atoms with E-state index in [1.165, 1.54) is 18.2 Å². The Morgan fingerprint density at radius 1 is 1.43 bits per heavy atom. The number of cyclic esters (lactones) is 1. The number of phenols is 1. The topological polar surface area (TPSA) is 83.8 Å². The molecule has 0 aromatic heterocycles. The van der Waals surface area contributed by atoms with Crippen molar-refractivity contribution in [2.24, 2.45) is 0 Å². The molecular formula is C9H6O5. The van der Waals surface area contributed by atoms with Gasteiger partial charge in [0.15, 0.2) is 0 Å². The molecule has 1 atom stereocenters. The summed E-state index contributed by atoms with van der Waals surface area (Å²) in [4.78, 5) is 21.8. The number of carboxylic acids is 1. The van der Waals surface area contributed by atoms with Gasteiger partial charge in [-0.25, -0.2) is 9.59 Å². The summed E-state index contributed by atoms with van der Waals surface area (Å²) in [5.41, 5.74) is 0.387. The number of carbonyl (C=O) groups excluding carboxylic acids is 1. The third-order valence-electron chi connectivity index (χ3n) is 1.99. The zero-order valence-corrected chi connectivity index (χ0v) is 6.93. The molecule has 72 valence electrons. The Labute approximate surface area is 78.5 Å². The van der Waals surface area contributed by atoms with Crippen LogP contribution in [0.3, 0.4) is 0 Å². The molecule has 0 fully saturated rings. The highest BCUT2D eigenvalue weighted by Gasteiger charge is 2.36. The van der Waals surface area contributed by atoms with Crippen molar-refractivity contribution in [3.8, 4) is 5.75 Å². The summed E-state index contributed by atoms with van der Waals surface area (Å²) in [6, 6.07) is 3.87. The molecular weight excluding hydrogens is 188 g/mol. The Balaban J connectivity index is 2.56. The Kier molecular flexibility index (Phi) is 1.67. The minimum atomic E-state index is -1.30. The Bertz CT molecular complexity index is 423. The number of fused-ring (bicyclic) bond motifs is 1. The number of aliphatic carboxylic acids is 1. The molecule has 14 heavy (non-hydrogen) atoms. The highest BCUT2D eigenvalue weighted by molar-refractivity contribution is 5.98. The number of benzene rings is 1. The molecule has 1 unspecified atom stereocenters. The maximum absolute atomic E-state index is 11.1. The van der Waals surface area contributed by atoms with Gasteiger partial charge in [0, 0.05) is 5.56 Å². The van der Waals surface area contributed by atoms with Gasteiger partial charge in [-0.2, -0.15) is 0 Å². The van der Waals surface area contributed by atoms with Gasteiger partial charge in [-0.1, -0.05) is 0 Å². The molecule has 0 spiro atoms. The normalized spacial score (nSPS) is 18.9. The summed E-state index contributed by atoms with van der Waals surface area (Å²) >= 11 is 0. The van der Waals surface area contributed by atoms with E-state index in [4.69, 9.17) is 10.2 Å². The second-order valence-electron chi connectivity index (χ2n) is 2.90. The number of phenolic OH excluding ortho intramolecular Hbond substituents is 1. The van der Waals surface area contributed by atoms with E-state index in [9.17, 15) is 9.59 Å². The van der Waals surface area contributed by atoms with Gasteiger partial charge < -0.3 is 14.9 Å². The Morgan fingerprint density at radius 2 is 2.14 bits per heavy atom. The van der Waals surface area contributed by atoms with Crippen LogP contribution in [-0.2, 0) is 9.53 Å². The SMILES string of the molecule is O=C1OC(C(=O)O)c2cc(O)ccc21. The maximum Gasteiger partial charge on any atom is 0.349 e. The molecule has 1 aliphatic heterocycles. The Hall–Kier alpha value is -2.04. The largest absolute Gasteiger partial charge is 0.508 e. The lowest BCUT2D eigenvalue weighted by Gasteiger charge is -2.03. The molecule has 1 heterocycles. The van der Waals surface area contributed by atoms with Gasteiger partial charge in [-0.15, -0.1) is 0 Å². The predicted octanol–water partition coefficient (Wildman–Crippen LogP) is 0.688. The van der Waals surface area contributed by atoms with E-state index in [0.717, 1.165) is 0 Å². The molecule has 2 N–H and O–H groups in total. The van der Waals surface area contributed by atoms with Crippen molar-refractivity contribution in [2.75, 3.05) is 0 Å². The quantitative estimate of drug-likeness (QED) is 0.642.